The van der Waals surface area contributed by atoms with Gasteiger partial charge in [-0.05, 0) is 30.0 Å². The monoisotopic (exact) mass is 312 g/mol. The average Bonchev–Trinajstić information content (AvgIpc) is 2.46. The van der Waals surface area contributed by atoms with E-state index in [9.17, 15) is 18.0 Å². The van der Waals surface area contributed by atoms with Crippen molar-refractivity contribution >= 4 is 17.7 Å². The minimum atomic E-state index is -2.67. The lowest BCUT2D eigenvalue weighted by Crippen LogP contribution is -2.24. The quantitative estimate of drug-likeness (QED) is 0.860. The van der Waals surface area contributed by atoms with Crippen molar-refractivity contribution in [2.24, 2.45) is 0 Å². The summed E-state index contributed by atoms with van der Waals surface area (Å²) in [7, 11) is 0. The normalized spacial score (nSPS) is 10.7. The third-order valence-electron chi connectivity index (χ3n) is 2.61. The number of nitrogens with zero attached hydrogens (tertiary/aromatic N) is 1. The number of carbonyl (C=O) groups is 1. The van der Waals surface area contributed by atoms with E-state index < -0.39 is 17.5 Å². The molecular weight excluding hydrogens is 301 g/mol. The van der Waals surface area contributed by atoms with Gasteiger partial charge >= 0.3 is 0 Å². The molecular formula is C14H11F3N2OS. The first-order valence-electron chi connectivity index (χ1n) is 5.99. The first-order valence-corrected chi connectivity index (χ1v) is 6.87. The number of thioether (sulfide) groups is 1. The van der Waals surface area contributed by atoms with E-state index in [4.69, 9.17) is 0 Å². The molecule has 7 heteroatoms. The highest BCUT2D eigenvalue weighted by Crippen LogP contribution is 2.26. The van der Waals surface area contributed by atoms with Gasteiger partial charge in [0.25, 0.3) is 11.7 Å². The molecule has 0 aliphatic heterocycles. The Kier molecular flexibility index (Phi) is 5.21. The molecule has 2 rings (SSSR count). The first-order chi connectivity index (χ1) is 10.1. The number of hydrogen-bond donors (Lipinski definition) is 1. The zero-order valence-electron chi connectivity index (χ0n) is 10.7. The van der Waals surface area contributed by atoms with E-state index in [2.05, 4.69) is 10.3 Å². The predicted molar refractivity (Wildman–Crippen MR) is 73.7 cm³/mol. The maximum absolute atomic E-state index is 13.4. The van der Waals surface area contributed by atoms with Crippen LogP contribution in [0.3, 0.4) is 0 Å². The number of halogens is 3. The molecule has 110 valence electrons. The van der Waals surface area contributed by atoms with Crippen LogP contribution in [0.2, 0.25) is 0 Å². The van der Waals surface area contributed by atoms with Gasteiger partial charge in [-0.3, -0.25) is 4.79 Å². The number of aromatic nitrogens is 1. The summed E-state index contributed by atoms with van der Waals surface area (Å²) in [6.07, 6.45) is 1.33. The van der Waals surface area contributed by atoms with Crippen LogP contribution < -0.4 is 5.32 Å². The lowest BCUT2D eigenvalue weighted by atomic mass is 10.2. The van der Waals surface area contributed by atoms with Gasteiger partial charge in [-0.25, -0.2) is 9.37 Å². The number of hydrogen-bond acceptors (Lipinski definition) is 3. The Morgan fingerprint density at radius 1 is 1.24 bits per heavy atom. The van der Waals surface area contributed by atoms with Crippen molar-refractivity contribution in [3.05, 3.63) is 59.5 Å². The molecule has 1 N–H and O–H groups in total. The number of benzene rings is 1. The highest BCUT2D eigenvalue weighted by atomic mass is 32.2. The molecule has 0 fully saturated rings. The molecule has 0 bridgehead atoms. The van der Waals surface area contributed by atoms with Crippen LogP contribution in [0.25, 0.3) is 0 Å². The number of rotatable bonds is 5. The minimum Gasteiger partial charge on any atom is -0.348 e. The van der Waals surface area contributed by atoms with Crippen LogP contribution in [0.15, 0.2) is 47.6 Å². The summed E-state index contributed by atoms with van der Waals surface area (Å²) in [4.78, 5) is 15.8. The lowest BCUT2D eigenvalue weighted by molar-refractivity contribution is 0.0947. The van der Waals surface area contributed by atoms with Gasteiger partial charge in [0.05, 0.1) is 5.56 Å². The second-order valence-electron chi connectivity index (χ2n) is 4.01. The average molecular weight is 312 g/mol. The Balaban J connectivity index is 2.09. The Hall–Kier alpha value is -2.02. The molecule has 0 aliphatic carbocycles. The van der Waals surface area contributed by atoms with Gasteiger partial charge < -0.3 is 5.32 Å². The summed E-state index contributed by atoms with van der Waals surface area (Å²) >= 11 is 0.199. The van der Waals surface area contributed by atoms with Crippen molar-refractivity contribution in [3.8, 4) is 0 Å². The molecule has 2 aromatic rings. The highest BCUT2D eigenvalue weighted by molar-refractivity contribution is 7.99. The van der Waals surface area contributed by atoms with Crippen LogP contribution >= 0.6 is 11.8 Å². The SMILES string of the molecule is O=C(NCc1ccccc1F)c1cccnc1SC(F)F. The smallest absolute Gasteiger partial charge is 0.290 e. The molecule has 0 saturated carbocycles. The van der Waals surface area contributed by atoms with Crippen molar-refractivity contribution in [3.63, 3.8) is 0 Å². The molecule has 0 saturated heterocycles. The fourth-order valence-corrected chi connectivity index (χ4v) is 2.23. The fraction of sp³-hybridized carbons (Fsp3) is 0.143. The third-order valence-corrected chi connectivity index (χ3v) is 3.34. The maximum Gasteiger partial charge on any atom is 0.290 e. The molecule has 21 heavy (non-hydrogen) atoms. The topological polar surface area (TPSA) is 42.0 Å². The number of alkyl halides is 2. The van der Waals surface area contributed by atoms with Crippen LogP contribution in [-0.4, -0.2) is 16.6 Å². The van der Waals surface area contributed by atoms with E-state index in [1.165, 1.54) is 30.5 Å². The van der Waals surface area contributed by atoms with Crippen LogP contribution in [0.5, 0.6) is 0 Å². The molecule has 1 aromatic heterocycles. The van der Waals surface area contributed by atoms with E-state index in [-0.39, 0.29) is 28.9 Å². The second kappa shape index (κ2) is 7.12. The van der Waals surface area contributed by atoms with Crippen molar-refractivity contribution in [1.29, 1.82) is 0 Å². The number of amides is 1. The molecule has 0 spiro atoms. The summed E-state index contributed by atoms with van der Waals surface area (Å²) in [5, 5.41) is 2.44. The van der Waals surface area contributed by atoms with Gasteiger partial charge in [-0.1, -0.05) is 18.2 Å². The van der Waals surface area contributed by atoms with Crippen LogP contribution in [0, 0.1) is 5.82 Å². The summed E-state index contributed by atoms with van der Waals surface area (Å²) in [5.41, 5.74) is 0.358. The van der Waals surface area contributed by atoms with Crippen molar-refractivity contribution in [1.82, 2.24) is 10.3 Å². The van der Waals surface area contributed by atoms with Crippen molar-refractivity contribution < 1.29 is 18.0 Å². The number of pyridine rings is 1. The van der Waals surface area contributed by atoms with Crippen LogP contribution in [0.4, 0.5) is 13.2 Å². The Morgan fingerprint density at radius 3 is 2.71 bits per heavy atom. The summed E-state index contributed by atoms with van der Waals surface area (Å²) < 4.78 is 38.2. The molecule has 0 aliphatic rings. The van der Waals surface area contributed by atoms with Gasteiger partial charge in [0.2, 0.25) is 0 Å². The van der Waals surface area contributed by atoms with Crippen LogP contribution in [0.1, 0.15) is 15.9 Å². The molecule has 1 aromatic carbocycles. The molecule has 3 nitrogen and oxygen atoms in total. The molecule has 0 unspecified atom stereocenters. The van der Waals surface area contributed by atoms with Crippen LogP contribution in [-0.2, 0) is 6.54 Å². The standard InChI is InChI=1S/C14H11F3N2OS/c15-11-6-2-1-4-9(11)8-19-12(20)10-5-3-7-18-13(10)21-14(16)17/h1-7,14H,8H2,(H,19,20). The maximum atomic E-state index is 13.4. The van der Waals surface area contributed by atoms with Crippen molar-refractivity contribution in [2.75, 3.05) is 0 Å². The largest absolute Gasteiger partial charge is 0.348 e. The van der Waals surface area contributed by atoms with Gasteiger partial charge in [0.15, 0.2) is 0 Å². The zero-order valence-corrected chi connectivity index (χ0v) is 11.5. The Bertz CT molecular complexity index is 637. The zero-order chi connectivity index (χ0) is 15.2. The Morgan fingerprint density at radius 2 is 2.00 bits per heavy atom. The van der Waals surface area contributed by atoms with E-state index >= 15 is 0 Å². The van der Waals surface area contributed by atoms with Crippen molar-refractivity contribution in [2.45, 2.75) is 17.3 Å². The Labute approximate surface area is 123 Å². The molecule has 1 amide bonds. The summed E-state index contributed by atoms with van der Waals surface area (Å²) in [5.74, 6) is -3.68. The van der Waals surface area contributed by atoms with E-state index in [1.807, 2.05) is 0 Å². The fourth-order valence-electron chi connectivity index (χ4n) is 1.65. The van der Waals surface area contributed by atoms with Gasteiger partial charge in [0, 0.05) is 18.3 Å². The van der Waals surface area contributed by atoms with E-state index in [1.54, 1.807) is 12.1 Å². The van der Waals surface area contributed by atoms with E-state index in [0.29, 0.717) is 5.56 Å². The summed E-state index contributed by atoms with van der Waals surface area (Å²) in [6, 6.07) is 8.88. The second-order valence-corrected chi connectivity index (χ2v) is 4.99. The summed E-state index contributed by atoms with van der Waals surface area (Å²) in [6.45, 7) is -0.0286. The number of carbonyl (C=O) groups excluding carboxylic acids is 1. The first kappa shape index (κ1) is 15.4. The number of nitrogens with one attached hydrogen (secondary N) is 1. The molecule has 0 atom stereocenters. The third kappa shape index (κ3) is 4.22. The van der Waals surface area contributed by atoms with Gasteiger partial charge in [0.1, 0.15) is 10.8 Å². The lowest BCUT2D eigenvalue weighted by Gasteiger charge is -2.09. The van der Waals surface area contributed by atoms with Gasteiger partial charge in [-0.15, -0.1) is 0 Å². The molecule has 0 radical (unpaired) electrons. The predicted octanol–water partition coefficient (Wildman–Crippen LogP) is 3.47. The van der Waals surface area contributed by atoms with Gasteiger partial charge in [-0.2, -0.15) is 8.78 Å². The molecule has 1 heterocycles. The highest BCUT2D eigenvalue weighted by Gasteiger charge is 2.16. The minimum absolute atomic E-state index is 0.0286. The van der Waals surface area contributed by atoms with E-state index in [0.717, 1.165) is 0 Å².